The maximum atomic E-state index is 2.64. The Morgan fingerprint density at radius 3 is 1.89 bits per heavy atom. The summed E-state index contributed by atoms with van der Waals surface area (Å²) in [7, 11) is 0. The summed E-state index contributed by atoms with van der Waals surface area (Å²) in [5, 5.41) is 10.4. The molecule has 1 unspecified atom stereocenters. The molecule has 2 nitrogen and oxygen atoms in total. The second kappa shape index (κ2) is 17.2. The lowest BCUT2D eigenvalue weighted by Gasteiger charge is -2.36. The van der Waals surface area contributed by atoms with Crippen LogP contribution in [0.1, 0.15) is 37.7 Å². The number of nitrogens with zero attached hydrogens (tertiary/aromatic N) is 2. The molecule has 9 aromatic rings. The van der Waals surface area contributed by atoms with E-state index in [1.807, 2.05) is 0 Å². The van der Waals surface area contributed by atoms with Crippen LogP contribution in [0.25, 0.3) is 67.6 Å². The summed E-state index contributed by atoms with van der Waals surface area (Å²) in [5.41, 5.74) is 13.6. The molecule has 0 N–H and O–H groups in total. The van der Waals surface area contributed by atoms with E-state index in [0.29, 0.717) is 0 Å². The van der Waals surface area contributed by atoms with Crippen LogP contribution in [-0.4, -0.2) is 6.04 Å². The van der Waals surface area contributed by atoms with Crippen molar-refractivity contribution in [3.05, 3.63) is 251 Å². The van der Waals surface area contributed by atoms with Crippen LogP contribution in [0.2, 0.25) is 0 Å². The number of anilines is 4. The highest BCUT2D eigenvalue weighted by molar-refractivity contribution is 6.06. The van der Waals surface area contributed by atoms with E-state index in [2.05, 4.69) is 246 Å². The average Bonchev–Trinajstić information content (AvgIpc) is 3.39. The molecule has 9 aromatic carbocycles. The minimum atomic E-state index is 0.0822. The Kier molecular flexibility index (Phi) is 10.3. The molecular formula is C64H50N2. The molecule has 0 aromatic heterocycles. The first-order valence-corrected chi connectivity index (χ1v) is 23.6. The molecule has 66 heavy (non-hydrogen) atoms. The third-order valence-corrected chi connectivity index (χ3v) is 13.8. The molecule has 1 atom stereocenters. The van der Waals surface area contributed by atoms with Gasteiger partial charge in [-0.05, 0) is 151 Å². The van der Waals surface area contributed by atoms with Crippen LogP contribution in [0.15, 0.2) is 224 Å². The molecule has 0 radical (unpaired) electrons. The first-order valence-electron chi connectivity index (χ1n) is 23.6. The molecule has 0 saturated carbocycles. The van der Waals surface area contributed by atoms with Gasteiger partial charge < -0.3 is 9.80 Å². The van der Waals surface area contributed by atoms with Crippen LogP contribution < -0.4 is 30.7 Å². The Labute approximate surface area is 387 Å². The van der Waals surface area contributed by atoms with E-state index < -0.39 is 0 Å². The molecular weight excluding hydrogens is 797 g/mol. The van der Waals surface area contributed by atoms with E-state index in [-0.39, 0.29) is 6.04 Å². The van der Waals surface area contributed by atoms with E-state index in [9.17, 15) is 0 Å². The highest BCUT2D eigenvalue weighted by Gasteiger charge is 2.27. The van der Waals surface area contributed by atoms with Crippen LogP contribution in [0, 0.1) is 0 Å². The summed E-state index contributed by atoms with van der Waals surface area (Å²) >= 11 is 0. The molecule has 3 aliphatic rings. The van der Waals surface area contributed by atoms with Crippen LogP contribution >= 0.6 is 0 Å². The number of hydrogen-bond acceptors (Lipinski definition) is 2. The highest BCUT2D eigenvalue weighted by atomic mass is 15.2. The van der Waals surface area contributed by atoms with Gasteiger partial charge in [0, 0.05) is 33.8 Å². The predicted octanol–water partition coefficient (Wildman–Crippen LogP) is 13.6. The summed E-state index contributed by atoms with van der Waals surface area (Å²) in [4.78, 5) is 5.03. The fourth-order valence-electron chi connectivity index (χ4n) is 10.8. The van der Waals surface area contributed by atoms with Crippen molar-refractivity contribution in [3.63, 3.8) is 0 Å². The summed E-state index contributed by atoms with van der Waals surface area (Å²) in [6, 6.07) is 73.7. The minimum Gasteiger partial charge on any atom is -0.334 e. The van der Waals surface area contributed by atoms with Crippen molar-refractivity contribution in [2.45, 2.75) is 38.1 Å². The van der Waals surface area contributed by atoms with E-state index in [1.54, 1.807) is 0 Å². The predicted molar refractivity (Wildman–Crippen MR) is 281 cm³/mol. The van der Waals surface area contributed by atoms with E-state index in [1.165, 1.54) is 87.2 Å². The van der Waals surface area contributed by atoms with Gasteiger partial charge in [0.15, 0.2) is 0 Å². The van der Waals surface area contributed by atoms with Crippen LogP contribution in [0.3, 0.4) is 0 Å². The van der Waals surface area contributed by atoms with Crippen molar-refractivity contribution in [1.82, 2.24) is 0 Å². The number of benzene rings is 9. The molecule has 0 heterocycles. The van der Waals surface area contributed by atoms with Gasteiger partial charge in [-0.15, -0.1) is 0 Å². The third kappa shape index (κ3) is 7.16. The monoisotopic (exact) mass is 846 g/mol. The van der Waals surface area contributed by atoms with Gasteiger partial charge in [0.25, 0.3) is 0 Å². The van der Waals surface area contributed by atoms with Crippen molar-refractivity contribution >= 4 is 68.1 Å². The zero-order valence-corrected chi connectivity index (χ0v) is 37.0. The molecule has 12 rings (SSSR count). The fourth-order valence-corrected chi connectivity index (χ4v) is 10.8. The lowest BCUT2D eigenvalue weighted by molar-refractivity contribution is 0.802. The smallest absolute Gasteiger partial charge is 0.0566 e. The van der Waals surface area contributed by atoms with Crippen LogP contribution in [0.5, 0.6) is 0 Å². The molecule has 3 aliphatic carbocycles. The second-order valence-electron chi connectivity index (χ2n) is 17.7. The Balaban J connectivity index is 1.18. The van der Waals surface area contributed by atoms with E-state index in [0.717, 1.165) is 49.2 Å². The number of fused-ring (bicyclic) bond motifs is 4. The third-order valence-electron chi connectivity index (χ3n) is 13.8. The first-order chi connectivity index (χ1) is 32.8. The normalized spacial score (nSPS) is 15.2. The lowest BCUT2D eigenvalue weighted by atomic mass is 9.82. The standard InChI is InChI=1S/C64H50N2/c1-5-19-45(20-6-1)46-35-37-49(38-36-46)63-58-41-40-54(66(52-29-11-4-12-30-52)62-34-18-24-48-22-14-16-32-56(48)62)44-61(58)64(57-33-17-23-47-21-13-15-31-55(47)57)59-42-39-53(43-60(59)63)65(50-25-7-2-8-26-50)51-27-9-3-10-28-51/h1-3,5-11,13-16,18-32,34-39,41-44,54H,4,12,17,33,40H2. The van der Waals surface area contributed by atoms with Crippen LogP contribution in [0.4, 0.5) is 22.7 Å². The van der Waals surface area contributed by atoms with Gasteiger partial charge in [-0.2, -0.15) is 0 Å². The Hall–Kier alpha value is -7.94. The number of para-hydroxylation sites is 2. The van der Waals surface area contributed by atoms with Crippen LogP contribution in [-0.2, 0) is 0 Å². The van der Waals surface area contributed by atoms with Crippen molar-refractivity contribution in [3.8, 4) is 22.3 Å². The van der Waals surface area contributed by atoms with Gasteiger partial charge in [-0.3, -0.25) is 0 Å². The Morgan fingerprint density at radius 2 is 1.12 bits per heavy atom. The Bertz CT molecular complexity index is 3560. The van der Waals surface area contributed by atoms with Crippen molar-refractivity contribution in [2.24, 2.45) is 0 Å². The van der Waals surface area contributed by atoms with Crippen molar-refractivity contribution < 1.29 is 0 Å². The Morgan fingerprint density at radius 1 is 0.439 bits per heavy atom. The SMILES string of the molecule is C1=CC(N(c2cccc3ccccc23)C2C=c3c(C4=c5ccccc5=CCC4)c4ccc(N(c5ccccc5)c5ccccc5)cc4c(-c4ccc(-c5ccccc5)cc4)c3=CC2)=CCC1. The molecule has 0 aliphatic heterocycles. The molecule has 316 valence electrons. The van der Waals surface area contributed by atoms with E-state index in [4.69, 9.17) is 0 Å². The maximum Gasteiger partial charge on any atom is 0.0566 e. The number of allylic oxidation sites excluding steroid dienone is 3. The summed E-state index contributed by atoms with van der Waals surface area (Å²) < 4.78 is 0. The minimum absolute atomic E-state index is 0.0822. The van der Waals surface area contributed by atoms with Gasteiger partial charge in [0.1, 0.15) is 0 Å². The zero-order chi connectivity index (χ0) is 43.8. The summed E-state index contributed by atoms with van der Waals surface area (Å²) in [6.45, 7) is 0. The van der Waals surface area contributed by atoms with Gasteiger partial charge in [-0.1, -0.05) is 188 Å². The summed E-state index contributed by atoms with van der Waals surface area (Å²) in [6.07, 6.45) is 19.7. The molecule has 0 fully saturated rings. The quantitative estimate of drug-likeness (QED) is 0.143. The molecule has 0 spiro atoms. The van der Waals surface area contributed by atoms with Gasteiger partial charge in [0.05, 0.1) is 6.04 Å². The first kappa shape index (κ1) is 39.6. The van der Waals surface area contributed by atoms with Gasteiger partial charge >= 0.3 is 0 Å². The second-order valence-corrected chi connectivity index (χ2v) is 17.7. The topological polar surface area (TPSA) is 6.48 Å². The van der Waals surface area contributed by atoms with Gasteiger partial charge in [0.2, 0.25) is 0 Å². The van der Waals surface area contributed by atoms with Crippen molar-refractivity contribution in [2.75, 3.05) is 9.80 Å². The fraction of sp³-hybridized carbons (Fsp3) is 0.0938. The average molecular weight is 847 g/mol. The number of hydrogen-bond donors (Lipinski definition) is 0. The molecule has 0 bridgehead atoms. The number of rotatable bonds is 9. The summed E-state index contributed by atoms with van der Waals surface area (Å²) in [5.74, 6) is 0. The maximum absolute atomic E-state index is 2.64. The van der Waals surface area contributed by atoms with Gasteiger partial charge in [-0.25, -0.2) is 0 Å². The van der Waals surface area contributed by atoms with Crippen molar-refractivity contribution in [1.29, 1.82) is 0 Å². The van der Waals surface area contributed by atoms with E-state index >= 15 is 0 Å². The molecule has 0 amide bonds. The largest absolute Gasteiger partial charge is 0.334 e. The highest BCUT2D eigenvalue weighted by Crippen LogP contribution is 2.41. The zero-order valence-electron chi connectivity index (χ0n) is 37.0. The molecule has 2 heteroatoms. The molecule has 0 saturated heterocycles. The lowest BCUT2D eigenvalue weighted by Crippen LogP contribution is -2.43.